The molecule has 3 rings (SSSR count). The SMILES string of the molecule is CC(NC(=O)Cn1nc(C(=O)O)c2ccccc2c1=O)c1ccc(F)cc1. The van der Waals surface area contributed by atoms with E-state index in [0.717, 1.165) is 4.68 Å². The normalized spacial score (nSPS) is 11.9. The van der Waals surface area contributed by atoms with Gasteiger partial charge in [0.05, 0.1) is 11.4 Å². The van der Waals surface area contributed by atoms with Crippen molar-refractivity contribution in [3.8, 4) is 0 Å². The summed E-state index contributed by atoms with van der Waals surface area (Å²) >= 11 is 0. The maximum atomic E-state index is 13.0. The van der Waals surface area contributed by atoms with Gasteiger partial charge in [0, 0.05) is 5.39 Å². The molecule has 0 aliphatic carbocycles. The lowest BCUT2D eigenvalue weighted by molar-refractivity contribution is -0.122. The number of carbonyl (C=O) groups is 2. The lowest BCUT2D eigenvalue weighted by Crippen LogP contribution is -2.35. The number of aromatic carboxylic acids is 1. The van der Waals surface area contributed by atoms with Crippen LogP contribution in [0, 0.1) is 5.82 Å². The van der Waals surface area contributed by atoms with Crippen LogP contribution in [0.2, 0.25) is 0 Å². The standard InChI is InChI=1S/C19H16FN3O4/c1-11(12-6-8-13(20)9-7-12)21-16(24)10-23-18(25)15-5-3-2-4-14(15)17(22-23)19(26)27/h2-9,11H,10H2,1H3,(H,21,24)(H,26,27). The second kappa shape index (κ2) is 7.36. The molecule has 0 radical (unpaired) electrons. The second-order valence-corrected chi connectivity index (χ2v) is 6.00. The Morgan fingerprint density at radius 3 is 2.41 bits per heavy atom. The molecular weight excluding hydrogens is 353 g/mol. The molecule has 138 valence electrons. The number of rotatable bonds is 5. The van der Waals surface area contributed by atoms with E-state index in [1.54, 1.807) is 31.2 Å². The van der Waals surface area contributed by atoms with Crippen molar-refractivity contribution in [1.29, 1.82) is 0 Å². The summed E-state index contributed by atoms with van der Waals surface area (Å²) in [5.74, 6) is -2.20. The van der Waals surface area contributed by atoms with Gasteiger partial charge >= 0.3 is 5.97 Å². The molecule has 1 unspecified atom stereocenters. The molecule has 3 aromatic rings. The summed E-state index contributed by atoms with van der Waals surface area (Å²) in [6.45, 7) is 1.28. The van der Waals surface area contributed by atoms with E-state index in [2.05, 4.69) is 10.4 Å². The van der Waals surface area contributed by atoms with E-state index < -0.39 is 30.0 Å². The summed E-state index contributed by atoms with van der Waals surface area (Å²) in [6.07, 6.45) is 0. The maximum absolute atomic E-state index is 13.0. The largest absolute Gasteiger partial charge is 0.476 e. The highest BCUT2D eigenvalue weighted by molar-refractivity contribution is 6.01. The van der Waals surface area contributed by atoms with E-state index in [1.165, 1.54) is 24.3 Å². The Morgan fingerprint density at radius 1 is 1.15 bits per heavy atom. The van der Waals surface area contributed by atoms with Crippen LogP contribution in [0.3, 0.4) is 0 Å². The number of nitrogens with zero attached hydrogens (tertiary/aromatic N) is 2. The predicted octanol–water partition coefficient (Wildman–Crippen LogP) is 2.11. The first-order valence-electron chi connectivity index (χ1n) is 8.15. The molecule has 27 heavy (non-hydrogen) atoms. The van der Waals surface area contributed by atoms with Crippen LogP contribution >= 0.6 is 0 Å². The average Bonchev–Trinajstić information content (AvgIpc) is 2.64. The number of hydrogen-bond acceptors (Lipinski definition) is 4. The third-order valence-corrected chi connectivity index (χ3v) is 4.11. The molecule has 0 saturated heterocycles. The number of carboxylic acids is 1. The number of carbonyl (C=O) groups excluding carboxylic acids is 1. The highest BCUT2D eigenvalue weighted by Gasteiger charge is 2.18. The minimum absolute atomic E-state index is 0.171. The van der Waals surface area contributed by atoms with Crippen molar-refractivity contribution in [3.05, 3.63) is 76.0 Å². The molecule has 1 heterocycles. The Bertz CT molecular complexity index is 1080. The first-order valence-corrected chi connectivity index (χ1v) is 8.15. The van der Waals surface area contributed by atoms with E-state index in [-0.39, 0.29) is 22.3 Å². The maximum Gasteiger partial charge on any atom is 0.357 e. The van der Waals surface area contributed by atoms with Gasteiger partial charge in [0.2, 0.25) is 5.91 Å². The molecule has 0 bridgehead atoms. The zero-order valence-corrected chi connectivity index (χ0v) is 14.3. The second-order valence-electron chi connectivity index (χ2n) is 6.00. The Labute approximate surface area is 153 Å². The van der Waals surface area contributed by atoms with Crippen LogP contribution in [0.25, 0.3) is 10.8 Å². The van der Waals surface area contributed by atoms with E-state index >= 15 is 0 Å². The van der Waals surface area contributed by atoms with E-state index in [9.17, 15) is 23.9 Å². The molecule has 1 atom stereocenters. The van der Waals surface area contributed by atoms with Crippen LogP contribution in [0.15, 0.2) is 53.3 Å². The van der Waals surface area contributed by atoms with Gasteiger partial charge in [0.25, 0.3) is 5.56 Å². The predicted molar refractivity (Wildman–Crippen MR) is 95.9 cm³/mol. The van der Waals surface area contributed by atoms with Crippen molar-refractivity contribution in [2.75, 3.05) is 0 Å². The Hall–Kier alpha value is -3.55. The molecule has 0 saturated carbocycles. The van der Waals surface area contributed by atoms with Crippen molar-refractivity contribution in [2.45, 2.75) is 19.5 Å². The highest BCUT2D eigenvalue weighted by atomic mass is 19.1. The summed E-state index contributed by atoms with van der Waals surface area (Å²) < 4.78 is 13.8. The first-order chi connectivity index (χ1) is 12.9. The summed E-state index contributed by atoms with van der Waals surface area (Å²) in [6, 6.07) is 11.4. The van der Waals surface area contributed by atoms with Gasteiger partial charge in [-0.3, -0.25) is 9.59 Å². The molecule has 0 aliphatic rings. The fourth-order valence-electron chi connectivity index (χ4n) is 2.76. The van der Waals surface area contributed by atoms with Gasteiger partial charge in [-0.05, 0) is 30.7 Å². The summed E-state index contributed by atoms with van der Waals surface area (Å²) in [7, 11) is 0. The van der Waals surface area contributed by atoms with Crippen LogP contribution in [0.1, 0.15) is 29.0 Å². The number of fused-ring (bicyclic) bond motifs is 1. The van der Waals surface area contributed by atoms with E-state index in [1.807, 2.05) is 0 Å². The number of nitrogens with one attached hydrogen (secondary N) is 1. The minimum Gasteiger partial charge on any atom is -0.476 e. The van der Waals surface area contributed by atoms with Crippen molar-refractivity contribution in [1.82, 2.24) is 15.1 Å². The van der Waals surface area contributed by atoms with Crippen LogP contribution in [-0.2, 0) is 11.3 Å². The summed E-state index contributed by atoms with van der Waals surface area (Å²) in [4.78, 5) is 36.3. The van der Waals surface area contributed by atoms with Gasteiger partial charge in [-0.2, -0.15) is 5.10 Å². The van der Waals surface area contributed by atoms with Crippen molar-refractivity contribution in [2.24, 2.45) is 0 Å². The molecule has 2 aromatic carbocycles. The fraction of sp³-hybridized carbons (Fsp3) is 0.158. The van der Waals surface area contributed by atoms with Gasteiger partial charge in [0.15, 0.2) is 5.69 Å². The smallest absolute Gasteiger partial charge is 0.357 e. The highest BCUT2D eigenvalue weighted by Crippen LogP contribution is 2.14. The van der Waals surface area contributed by atoms with Crippen LogP contribution in [0.4, 0.5) is 4.39 Å². The van der Waals surface area contributed by atoms with Crippen LogP contribution < -0.4 is 10.9 Å². The quantitative estimate of drug-likeness (QED) is 0.717. The number of halogens is 1. The van der Waals surface area contributed by atoms with Crippen LogP contribution in [0.5, 0.6) is 0 Å². The zero-order valence-electron chi connectivity index (χ0n) is 14.3. The fourth-order valence-corrected chi connectivity index (χ4v) is 2.76. The van der Waals surface area contributed by atoms with Crippen molar-refractivity contribution >= 4 is 22.6 Å². The first kappa shape index (κ1) is 18.2. The lowest BCUT2D eigenvalue weighted by atomic mass is 10.1. The monoisotopic (exact) mass is 369 g/mol. The lowest BCUT2D eigenvalue weighted by Gasteiger charge is -2.15. The Kier molecular flexibility index (Phi) is 4.98. The molecule has 0 spiro atoms. The number of benzene rings is 2. The van der Waals surface area contributed by atoms with E-state index in [4.69, 9.17) is 0 Å². The molecule has 8 heteroatoms. The average molecular weight is 369 g/mol. The number of carboxylic acid groups (broad SMARTS) is 1. The molecule has 0 fully saturated rings. The summed E-state index contributed by atoms with van der Waals surface area (Å²) in [5.41, 5.74) is -0.167. The van der Waals surface area contributed by atoms with Crippen molar-refractivity contribution in [3.63, 3.8) is 0 Å². The Balaban J connectivity index is 1.86. The zero-order chi connectivity index (χ0) is 19.6. The number of amides is 1. The third kappa shape index (κ3) is 3.84. The molecule has 2 N–H and O–H groups in total. The summed E-state index contributed by atoms with van der Waals surface area (Å²) in [5, 5.41) is 16.2. The molecular formula is C19H16FN3O4. The van der Waals surface area contributed by atoms with E-state index in [0.29, 0.717) is 5.56 Å². The van der Waals surface area contributed by atoms with Gasteiger partial charge in [0.1, 0.15) is 12.4 Å². The third-order valence-electron chi connectivity index (χ3n) is 4.11. The van der Waals surface area contributed by atoms with Gasteiger partial charge < -0.3 is 10.4 Å². The number of hydrogen-bond donors (Lipinski definition) is 2. The molecule has 7 nitrogen and oxygen atoms in total. The van der Waals surface area contributed by atoms with Crippen LogP contribution in [-0.4, -0.2) is 26.8 Å². The van der Waals surface area contributed by atoms with Gasteiger partial charge in [-0.1, -0.05) is 30.3 Å². The minimum atomic E-state index is -1.29. The molecule has 0 aliphatic heterocycles. The van der Waals surface area contributed by atoms with Crippen molar-refractivity contribution < 1.29 is 19.1 Å². The number of aromatic nitrogens is 2. The topological polar surface area (TPSA) is 101 Å². The Morgan fingerprint density at radius 2 is 1.78 bits per heavy atom. The van der Waals surface area contributed by atoms with Gasteiger partial charge in [-0.15, -0.1) is 0 Å². The molecule has 1 aromatic heterocycles. The molecule has 1 amide bonds. The van der Waals surface area contributed by atoms with Gasteiger partial charge in [-0.25, -0.2) is 13.9 Å².